The predicted molar refractivity (Wildman–Crippen MR) is 314 cm³/mol. The summed E-state index contributed by atoms with van der Waals surface area (Å²) in [5.41, 5.74) is 0. The van der Waals surface area contributed by atoms with Gasteiger partial charge in [0.2, 0.25) is 0 Å². The Balaban J connectivity index is 3.92. The molecule has 0 spiro atoms. The van der Waals surface area contributed by atoms with Crippen molar-refractivity contribution in [3.05, 3.63) is 24.3 Å². The molecule has 2 atom stereocenters. The maximum atomic E-state index is 12.9. The van der Waals surface area contributed by atoms with Gasteiger partial charge in [-0.15, -0.1) is 0 Å². The number of aliphatic carboxylic acids is 1. The first kappa shape index (κ1) is 71.8. The van der Waals surface area contributed by atoms with Crippen molar-refractivity contribution in [1.82, 2.24) is 0 Å². The largest absolute Gasteiger partial charge is 0.477 e. The van der Waals surface area contributed by atoms with Gasteiger partial charge in [-0.05, 0) is 64.2 Å². The van der Waals surface area contributed by atoms with Gasteiger partial charge < -0.3 is 28.5 Å². The number of hydrogen-bond acceptors (Lipinski definition) is 7. The molecule has 0 saturated heterocycles. The number of nitrogens with zero attached hydrogens (tertiary/aromatic N) is 1. The first-order valence-corrected chi connectivity index (χ1v) is 32.0. The highest BCUT2D eigenvalue weighted by molar-refractivity contribution is 5.71. The zero-order valence-electron chi connectivity index (χ0n) is 49.8. The fourth-order valence-corrected chi connectivity index (χ4v) is 9.48. The lowest BCUT2D eigenvalue weighted by molar-refractivity contribution is -0.870. The van der Waals surface area contributed by atoms with Crippen LogP contribution in [0.3, 0.4) is 0 Å². The molecule has 0 bridgehead atoms. The van der Waals surface area contributed by atoms with E-state index in [-0.39, 0.29) is 32.2 Å². The third-order valence-corrected chi connectivity index (χ3v) is 14.4. The quantitative estimate of drug-likeness (QED) is 0.0211. The van der Waals surface area contributed by atoms with Gasteiger partial charge in [0, 0.05) is 12.8 Å². The van der Waals surface area contributed by atoms with Crippen molar-refractivity contribution in [2.24, 2.45) is 0 Å². The minimum absolute atomic E-state index is 0.181. The Bertz CT molecular complexity index is 1260. The number of unbranched alkanes of at least 4 members (excludes halogenated alkanes) is 41. The second-order valence-electron chi connectivity index (χ2n) is 23.1. The highest BCUT2D eigenvalue weighted by atomic mass is 16.7. The molecular weight excluding hydrogens is 923 g/mol. The number of carboxylic acids is 1. The molecule has 0 rings (SSSR count). The lowest BCUT2D eigenvalue weighted by Crippen LogP contribution is -2.40. The van der Waals surface area contributed by atoms with Crippen LogP contribution in [-0.2, 0) is 33.3 Å². The normalized spacial score (nSPS) is 12.8. The molecule has 2 unspecified atom stereocenters. The summed E-state index contributed by atoms with van der Waals surface area (Å²) in [6, 6.07) is 0. The van der Waals surface area contributed by atoms with Gasteiger partial charge in [-0.25, -0.2) is 4.79 Å². The molecule has 436 valence electrons. The van der Waals surface area contributed by atoms with E-state index >= 15 is 0 Å². The van der Waals surface area contributed by atoms with Crippen molar-refractivity contribution >= 4 is 17.9 Å². The summed E-state index contributed by atoms with van der Waals surface area (Å²) in [5, 5.41) is 9.69. The Morgan fingerprint density at radius 3 is 1.03 bits per heavy atom. The second-order valence-corrected chi connectivity index (χ2v) is 23.1. The highest BCUT2D eigenvalue weighted by Gasteiger charge is 2.25. The predicted octanol–water partition coefficient (Wildman–Crippen LogP) is 19.1. The topological polar surface area (TPSA) is 108 Å². The molecule has 1 N–H and O–H groups in total. The number of likely N-dealkylation sites (N-methyl/N-ethyl adjacent to an activating group) is 1. The average molecular weight is 1050 g/mol. The van der Waals surface area contributed by atoms with Crippen molar-refractivity contribution in [3.63, 3.8) is 0 Å². The Hall–Kier alpha value is -2.23. The SMILES string of the molecule is CCCCC/C=C\CCCCCCCC(=O)OCC(COC(OCC[N+](C)(C)C)C(=O)O)OC(=O)CCCCCCCCCCCCCCCCCCCCCCCCCCC/C=C\CCCCCCCCCC. The molecule has 0 fully saturated rings. The van der Waals surface area contributed by atoms with Crippen LogP contribution in [0.1, 0.15) is 316 Å². The summed E-state index contributed by atoms with van der Waals surface area (Å²) in [7, 11) is 5.97. The minimum atomic E-state index is -1.51. The van der Waals surface area contributed by atoms with Gasteiger partial charge >= 0.3 is 17.9 Å². The number of hydrogen-bond donors (Lipinski definition) is 1. The van der Waals surface area contributed by atoms with E-state index in [2.05, 4.69) is 38.2 Å². The van der Waals surface area contributed by atoms with E-state index in [9.17, 15) is 19.5 Å². The van der Waals surface area contributed by atoms with E-state index < -0.39 is 24.3 Å². The fourth-order valence-electron chi connectivity index (χ4n) is 9.48. The van der Waals surface area contributed by atoms with Gasteiger partial charge in [-0.1, -0.05) is 263 Å². The molecule has 0 aliphatic heterocycles. The van der Waals surface area contributed by atoms with Crippen LogP contribution in [-0.4, -0.2) is 87.4 Å². The average Bonchev–Trinajstić information content (AvgIpc) is 3.37. The van der Waals surface area contributed by atoms with E-state index in [1.54, 1.807) is 0 Å². The van der Waals surface area contributed by atoms with Gasteiger partial charge in [0.1, 0.15) is 13.2 Å². The lowest BCUT2D eigenvalue weighted by Gasteiger charge is -2.25. The van der Waals surface area contributed by atoms with Gasteiger partial charge in [-0.3, -0.25) is 9.59 Å². The van der Waals surface area contributed by atoms with Gasteiger partial charge in [0.15, 0.2) is 6.10 Å². The van der Waals surface area contributed by atoms with Gasteiger partial charge in [-0.2, -0.15) is 0 Å². The first-order chi connectivity index (χ1) is 36.1. The number of allylic oxidation sites excluding steroid dienone is 4. The van der Waals surface area contributed by atoms with E-state index in [1.807, 2.05) is 21.1 Å². The molecule has 0 saturated carbocycles. The molecule has 0 aromatic heterocycles. The van der Waals surface area contributed by atoms with Crippen molar-refractivity contribution < 1.29 is 42.9 Å². The van der Waals surface area contributed by atoms with Crippen molar-refractivity contribution in [1.29, 1.82) is 0 Å². The molecule has 0 aromatic rings. The summed E-state index contributed by atoms with van der Waals surface area (Å²) in [6.07, 6.45) is 65.9. The van der Waals surface area contributed by atoms with E-state index in [0.29, 0.717) is 17.4 Å². The van der Waals surface area contributed by atoms with Crippen molar-refractivity contribution in [3.8, 4) is 0 Å². The highest BCUT2D eigenvalue weighted by Crippen LogP contribution is 2.18. The van der Waals surface area contributed by atoms with Crippen LogP contribution in [0, 0.1) is 0 Å². The third-order valence-electron chi connectivity index (χ3n) is 14.4. The standard InChI is InChI=1S/C65H123NO8/c1-6-8-10-12-14-16-18-20-21-22-23-24-25-26-27-28-29-30-31-32-33-34-35-36-37-38-39-40-41-42-43-44-46-48-50-52-54-56-63(68)74-61(60-73-65(64(69)70)71-58-57-66(3,4)5)59-72-62(67)55-53-51-49-47-45-19-17-15-13-11-9-7-2/h15,17,22-23,61,65H,6-14,16,18-21,24-60H2,1-5H3/p+1/b17-15-,23-22-. The van der Waals surface area contributed by atoms with Crippen LogP contribution in [0.5, 0.6) is 0 Å². The van der Waals surface area contributed by atoms with Crippen LogP contribution in [0.4, 0.5) is 0 Å². The molecule has 74 heavy (non-hydrogen) atoms. The zero-order chi connectivity index (χ0) is 54.1. The molecule has 0 aromatic carbocycles. The molecule has 9 nitrogen and oxygen atoms in total. The Morgan fingerprint density at radius 2 is 0.689 bits per heavy atom. The first-order valence-electron chi connectivity index (χ1n) is 32.0. The third kappa shape index (κ3) is 57.5. The van der Waals surface area contributed by atoms with Crippen LogP contribution < -0.4 is 0 Å². The molecule has 9 heteroatoms. The molecular formula is C65H124NO8+. The number of carboxylic acid groups (broad SMARTS) is 1. The summed E-state index contributed by atoms with van der Waals surface area (Å²) in [6.45, 7) is 4.88. The maximum Gasteiger partial charge on any atom is 0.361 e. The summed E-state index contributed by atoms with van der Waals surface area (Å²) in [4.78, 5) is 37.3. The summed E-state index contributed by atoms with van der Waals surface area (Å²) < 4.78 is 22.9. The van der Waals surface area contributed by atoms with Crippen LogP contribution >= 0.6 is 0 Å². The Morgan fingerprint density at radius 1 is 0.392 bits per heavy atom. The molecule has 0 radical (unpaired) electrons. The van der Waals surface area contributed by atoms with E-state index in [4.69, 9.17) is 18.9 Å². The van der Waals surface area contributed by atoms with Crippen LogP contribution in [0.15, 0.2) is 24.3 Å². The summed E-state index contributed by atoms with van der Waals surface area (Å²) in [5.74, 6) is -2.00. The number of esters is 2. The van der Waals surface area contributed by atoms with Crippen LogP contribution in [0.2, 0.25) is 0 Å². The van der Waals surface area contributed by atoms with E-state index in [0.717, 1.165) is 57.8 Å². The second kappa shape index (κ2) is 57.0. The molecule has 0 heterocycles. The minimum Gasteiger partial charge on any atom is -0.477 e. The number of ether oxygens (including phenoxy) is 4. The Labute approximate surface area is 458 Å². The fraction of sp³-hybridized carbons (Fsp3) is 0.892. The lowest BCUT2D eigenvalue weighted by atomic mass is 10.0. The van der Waals surface area contributed by atoms with Crippen LogP contribution in [0.25, 0.3) is 0 Å². The maximum absolute atomic E-state index is 12.9. The summed E-state index contributed by atoms with van der Waals surface area (Å²) >= 11 is 0. The number of carbonyl (C=O) groups is 3. The van der Waals surface area contributed by atoms with Gasteiger partial charge in [0.25, 0.3) is 6.29 Å². The van der Waals surface area contributed by atoms with Gasteiger partial charge in [0.05, 0.1) is 34.4 Å². The van der Waals surface area contributed by atoms with Crippen molar-refractivity contribution in [2.75, 3.05) is 47.5 Å². The Kier molecular flexibility index (Phi) is 55.2. The monoisotopic (exact) mass is 1050 g/mol. The number of carbonyl (C=O) groups excluding carboxylic acids is 2. The number of rotatable bonds is 60. The molecule has 0 aliphatic rings. The molecule has 0 aliphatic carbocycles. The van der Waals surface area contributed by atoms with Crippen molar-refractivity contribution in [2.45, 2.75) is 328 Å². The number of quaternary nitrogens is 1. The smallest absolute Gasteiger partial charge is 0.361 e. The van der Waals surface area contributed by atoms with E-state index in [1.165, 1.54) is 231 Å². The molecule has 0 amide bonds. The zero-order valence-corrected chi connectivity index (χ0v) is 49.8.